The summed E-state index contributed by atoms with van der Waals surface area (Å²) in [4.78, 5) is 15.8. The van der Waals surface area contributed by atoms with Gasteiger partial charge in [-0.2, -0.15) is 11.8 Å². The number of carbonyl (C=O) groups excluding carboxylic acids is 1. The maximum atomic E-state index is 11.7. The lowest BCUT2D eigenvalue weighted by atomic mass is 11.2. The van der Waals surface area contributed by atoms with E-state index in [1.807, 2.05) is 58.8 Å². The van der Waals surface area contributed by atoms with Crippen LogP contribution in [0.1, 0.15) is 0 Å². The Labute approximate surface area is 225 Å². The molecule has 16 heteroatoms. The van der Waals surface area contributed by atoms with Gasteiger partial charge in [0.2, 0.25) is 0 Å². The highest BCUT2D eigenvalue weighted by molar-refractivity contribution is 8.30. The van der Waals surface area contributed by atoms with Gasteiger partial charge in [-0.15, -0.1) is 94.1 Å². The summed E-state index contributed by atoms with van der Waals surface area (Å²) in [7, 11) is -1.09. The van der Waals surface area contributed by atoms with Crippen molar-refractivity contribution < 1.29 is 14.1 Å². The molecule has 0 aliphatic rings. The Hall–Kier alpha value is 2.75. The molecule has 0 aliphatic carbocycles. The van der Waals surface area contributed by atoms with Crippen LogP contribution in [0.4, 0.5) is 4.79 Å². The molecule has 0 bridgehead atoms. The molecule has 0 fully saturated rings. The number of nitrogens with zero attached hydrogens (tertiary/aromatic N) is 1. The predicted octanol–water partition coefficient (Wildman–Crippen LogP) is 5.96. The Morgan fingerprint density at radius 1 is 0.900 bits per heavy atom. The highest BCUT2D eigenvalue weighted by Gasteiger charge is 2.02. The van der Waals surface area contributed by atoms with Crippen LogP contribution in [0.2, 0.25) is 0 Å². The second-order valence-corrected chi connectivity index (χ2v) is 18.4. The van der Waals surface area contributed by atoms with Crippen molar-refractivity contribution in [2.24, 2.45) is 4.99 Å². The number of hydrogen-bond donors (Lipinski definition) is 2. The summed E-state index contributed by atoms with van der Waals surface area (Å²) >= 11 is 17.2. The summed E-state index contributed by atoms with van der Waals surface area (Å²) in [6.07, 6.45) is 2.12. The van der Waals surface area contributed by atoms with Crippen molar-refractivity contribution in [3.05, 3.63) is 0 Å². The van der Waals surface area contributed by atoms with Crippen LogP contribution in [-0.4, -0.2) is 84.7 Å². The van der Waals surface area contributed by atoms with Crippen molar-refractivity contribution in [2.75, 3.05) is 64.6 Å². The summed E-state index contributed by atoms with van der Waals surface area (Å²) in [5.41, 5.74) is 1.46. The maximum Gasteiger partial charge on any atom is 0.280 e. The number of carbonyl (C=O) groups is 1. The number of thioether (sulfide) groups is 10. The number of hydrogen-bond acceptors (Lipinski definition) is 14. The Morgan fingerprint density at radius 3 is 2.17 bits per heavy atom. The van der Waals surface area contributed by atoms with Gasteiger partial charge >= 0.3 is 0 Å². The number of amides is 1. The maximum absolute atomic E-state index is 11.7. The molecule has 0 radical (unpaired) electrons. The van der Waals surface area contributed by atoms with Crippen LogP contribution in [0.25, 0.3) is 0 Å². The minimum atomic E-state index is -1.09. The highest BCUT2D eigenvalue weighted by Crippen LogP contribution is 2.23. The van der Waals surface area contributed by atoms with Crippen molar-refractivity contribution in [1.29, 1.82) is 0 Å². The van der Waals surface area contributed by atoms with E-state index in [-0.39, 0.29) is 11.2 Å². The monoisotopic (exact) mass is 624 g/mol. The Bertz CT molecular complexity index is 449. The number of aliphatic hydroxyl groups is 1. The summed E-state index contributed by atoms with van der Waals surface area (Å²) in [5.74, 6) is 1.26. The van der Waals surface area contributed by atoms with Crippen LogP contribution < -0.4 is 5.32 Å². The van der Waals surface area contributed by atoms with Crippen molar-refractivity contribution in [3.8, 4) is 0 Å². The van der Waals surface area contributed by atoms with E-state index < -0.39 is 10.8 Å². The topological polar surface area (TPSA) is 78.8 Å². The van der Waals surface area contributed by atoms with E-state index in [0.29, 0.717) is 16.8 Å². The molecule has 178 valence electrons. The number of nitrogens with one attached hydrogen (secondary N) is 1. The van der Waals surface area contributed by atoms with E-state index >= 15 is 0 Å². The molecule has 30 heavy (non-hydrogen) atoms. The molecule has 0 aromatic carbocycles. The summed E-state index contributed by atoms with van der Waals surface area (Å²) in [5, 5.41) is 19.0. The molecular formula is C14H28N2O3S11. The summed E-state index contributed by atoms with van der Waals surface area (Å²) in [6, 6.07) is 0. The summed E-state index contributed by atoms with van der Waals surface area (Å²) in [6.45, 7) is 0. The van der Waals surface area contributed by atoms with Crippen LogP contribution in [0.15, 0.2) is 4.99 Å². The average Bonchev–Trinajstić information content (AvgIpc) is 2.74. The molecule has 1 amide bonds. The molecule has 0 aromatic heterocycles. The van der Waals surface area contributed by atoms with E-state index in [2.05, 4.69) is 16.6 Å². The fourth-order valence-corrected chi connectivity index (χ4v) is 12.3. The molecule has 0 saturated carbocycles. The lowest BCUT2D eigenvalue weighted by Gasteiger charge is -2.05. The zero-order valence-electron chi connectivity index (χ0n) is 16.6. The zero-order chi connectivity index (χ0) is 22.1. The smallest absolute Gasteiger partial charge is 0.280 e. The molecule has 1 atom stereocenters. The van der Waals surface area contributed by atoms with Gasteiger partial charge < -0.3 is 10.4 Å². The molecule has 0 saturated heterocycles. The first-order chi connectivity index (χ1) is 14.7. The molecule has 0 aliphatic heterocycles. The normalized spacial score (nSPS) is 12.5. The van der Waals surface area contributed by atoms with Gasteiger partial charge in [-0.3, -0.25) is 14.0 Å². The molecule has 0 rings (SSSR count). The van der Waals surface area contributed by atoms with E-state index in [1.165, 1.54) is 29.1 Å². The van der Waals surface area contributed by atoms with Crippen molar-refractivity contribution in [1.82, 2.24) is 5.32 Å². The third-order valence-electron chi connectivity index (χ3n) is 2.28. The quantitative estimate of drug-likeness (QED) is 0.0644. The van der Waals surface area contributed by atoms with Gasteiger partial charge in [0.05, 0.1) is 39.1 Å². The van der Waals surface area contributed by atoms with Crippen molar-refractivity contribution in [3.63, 3.8) is 0 Å². The molecule has 1 unspecified atom stereocenters. The fraction of sp³-hybridized carbons (Fsp3) is 0.857. The lowest BCUT2D eigenvalue weighted by molar-refractivity contribution is 0.262. The SMILES string of the molecule is CSCSCSCSCSC(=O)NCSCSCSCSCN=CS(=O)CSCO. The van der Waals surface area contributed by atoms with E-state index in [9.17, 15) is 9.00 Å². The Kier molecular flexibility index (Phi) is 30.6. The van der Waals surface area contributed by atoms with Crippen molar-refractivity contribution in [2.45, 2.75) is 0 Å². The van der Waals surface area contributed by atoms with E-state index in [4.69, 9.17) is 5.11 Å². The average molecular weight is 625 g/mol. The van der Waals surface area contributed by atoms with Gasteiger partial charge in [-0.05, 0) is 6.26 Å². The number of aliphatic hydroxyl groups excluding tert-OH is 1. The van der Waals surface area contributed by atoms with Gasteiger partial charge in [0, 0.05) is 35.6 Å². The fourth-order valence-electron chi connectivity index (χ4n) is 1.20. The number of aliphatic imine (C=N–C) groups is 1. The Balaban J connectivity index is 3.25. The third kappa shape index (κ3) is 27.0. The van der Waals surface area contributed by atoms with E-state index in [1.54, 1.807) is 35.3 Å². The zero-order valence-corrected chi connectivity index (χ0v) is 25.5. The van der Waals surface area contributed by atoms with Crippen LogP contribution in [0.5, 0.6) is 0 Å². The molecule has 2 N–H and O–H groups in total. The molecule has 0 aromatic rings. The van der Waals surface area contributed by atoms with E-state index in [0.717, 1.165) is 35.6 Å². The third-order valence-corrected chi connectivity index (χ3v) is 14.9. The largest absolute Gasteiger partial charge is 0.386 e. The first-order valence-corrected chi connectivity index (χ1v) is 21.2. The molecular weight excluding hydrogens is 597 g/mol. The minimum absolute atomic E-state index is 0.0110. The van der Waals surface area contributed by atoms with Crippen LogP contribution in [0, 0.1) is 0 Å². The Morgan fingerprint density at radius 2 is 1.50 bits per heavy atom. The van der Waals surface area contributed by atoms with Crippen LogP contribution >= 0.6 is 118 Å². The van der Waals surface area contributed by atoms with Crippen molar-refractivity contribution >= 4 is 139 Å². The first-order valence-electron chi connectivity index (χ1n) is 8.20. The summed E-state index contributed by atoms with van der Waals surface area (Å²) < 4.78 is 11.4. The standard InChI is InChI=1S/C14H28N2O3S11/c1-20-6-24-9-27-11-28-12-29-14(18)16-3-22-8-26-10-25-7-21-2-15-4-30(19)13-23-5-17/h4,17H,2-3,5-13H2,1H3,(H,16,18). The lowest BCUT2D eigenvalue weighted by Crippen LogP contribution is -2.17. The second-order valence-electron chi connectivity index (χ2n) is 4.54. The van der Waals surface area contributed by atoms with Crippen LogP contribution in [0.3, 0.4) is 0 Å². The first kappa shape index (κ1) is 32.8. The second kappa shape index (κ2) is 28.0. The van der Waals surface area contributed by atoms with Gasteiger partial charge in [-0.1, -0.05) is 11.8 Å². The predicted molar refractivity (Wildman–Crippen MR) is 163 cm³/mol. The van der Waals surface area contributed by atoms with Gasteiger partial charge in [0.25, 0.3) is 5.24 Å². The molecule has 5 nitrogen and oxygen atoms in total. The molecule has 0 heterocycles. The van der Waals surface area contributed by atoms with Gasteiger partial charge in [0.1, 0.15) is 0 Å². The van der Waals surface area contributed by atoms with Crippen LogP contribution in [-0.2, 0) is 10.8 Å². The minimum Gasteiger partial charge on any atom is -0.386 e. The van der Waals surface area contributed by atoms with Gasteiger partial charge in [-0.25, -0.2) is 0 Å². The van der Waals surface area contributed by atoms with Gasteiger partial charge in [0.15, 0.2) is 0 Å². The highest BCUT2D eigenvalue weighted by atomic mass is 32.3. The number of rotatable bonds is 22. The molecule has 0 spiro atoms.